The van der Waals surface area contributed by atoms with Crippen LogP contribution in [0.1, 0.15) is 68.6 Å². The first-order chi connectivity index (χ1) is 26.7. The molecule has 0 saturated carbocycles. The first-order valence-electron chi connectivity index (χ1n) is 17.7. The van der Waals surface area contributed by atoms with E-state index in [1.165, 1.54) is 0 Å². The Morgan fingerprint density at radius 2 is 1.18 bits per heavy atom. The third-order valence-electron chi connectivity index (χ3n) is 8.94. The van der Waals surface area contributed by atoms with Crippen molar-refractivity contribution < 1.29 is 28.1 Å². The summed E-state index contributed by atoms with van der Waals surface area (Å²) in [6.45, 7) is 22.5. The van der Waals surface area contributed by atoms with Gasteiger partial charge in [-0.25, -0.2) is 9.69 Å². The number of allylic oxidation sites excluding steroid dienone is 1. The van der Waals surface area contributed by atoms with Gasteiger partial charge in [0, 0.05) is 39.8 Å². The molecular formula is C44H40N6O6. The number of Topliss-reactive ketones (excluding diaryl/α,β-unsaturated/α-hetero) is 1. The summed E-state index contributed by atoms with van der Waals surface area (Å²) in [4.78, 5) is 28.1. The Balaban J connectivity index is 0.000000187. The summed E-state index contributed by atoms with van der Waals surface area (Å²) in [5, 5.41) is 8.24. The highest BCUT2D eigenvalue weighted by atomic mass is 16.5. The van der Waals surface area contributed by atoms with E-state index in [0.717, 1.165) is 45.6 Å². The summed E-state index contributed by atoms with van der Waals surface area (Å²) in [7, 11) is 1.67. The zero-order chi connectivity index (χ0) is 38.6. The average Bonchev–Trinajstić information content (AvgIpc) is 4.02. The first-order valence-corrected chi connectivity index (χ1v) is 17.7. The number of carbonyl (C=O) groups is 1. The predicted molar refractivity (Wildman–Crippen MR) is 212 cm³/mol. The molecule has 2 aliphatic rings. The van der Waals surface area contributed by atoms with E-state index in [1.807, 2.05) is 76.2 Å². The second kappa shape index (κ2) is 16.5. The Morgan fingerprint density at radius 1 is 0.679 bits per heavy atom. The molecule has 2 aromatic heterocycles. The summed E-state index contributed by atoms with van der Waals surface area (Å²) < 4.78 is 27.7. The molecule has 0 bridgehead atoms. The number of hydrogen-bond donors (Lipinski definition) is 0. The molecule has 0 N–H and O–H groups in total. The van der Waals surface area contributed by atoms with E-state index in [9.17, 15) is 4.79 Å². The maximum Gasteiger partial charge on any atom is 0.256 e. The van der Waals surface area contributed by atoms with Crippen molar-refractivity contribution >= 4 is 22.9 Å². The molecule has 0 spiro atoms. The van der Waals surface area contributed by atoms with Crippen molar-refractivity contribution in [3.05, 3.63) is 124 Å². The molecule has 0 unspecified atom stereocenters. The number of ketones is 1. The predicted octanol–water partition coefficient (Wildman–Crippen LogP) is 10.8. The summed E-state index contributed by atoms with van der Waals surface area (Å²) in [5.74, 6) is 3.75. The highest BCUT2D eigenvalue weighted by Gasteiger charge is 2.25. The van der Waals surface area contributed by atoms with Crippen molar-refractivity contribution in [3.8, 4) is 57.2 Å². The van der Waals surface area contributed by atoms with Gasteiger partial charge in [0.15, 0.2) is 5.78 Å². The van der Waals surface area contributed by atoms with Crippen LogP contribution in [0.25, 0.3) is 61.1 Å². The zero-order valence-corrected chi connectivity index (χ0v) is 30.9. The summed E-state index contributed by atoms with van der Waals surface area (Å²) in [6.07, 6.45) is 3.99. The van der Waals surface area contributed by atoms with Crippen molar-refractivity contribution in [3.63, 3.8) is 0 Å². The number of hydrogen-bond acceptors (Lipinski definition) is 10. The SMILES string of the molecule is C.[C-]#[N+]c1cc(-c2nc(-c3cccc4c3CC=C4OC)no2)ccc1OC(C)C.[C-]#[N+]c1cc(-c2nc(-c3cccc4c3CCC4=O)no2)ccc1OC(C)C. The second-order valence-electron chi connectivity index (χ2n) is 13.3. The average molecular weight is 749 g/mol. The number of methoxy groups -OCH3 is 1. The van der Waals surface area contributed by atoms with E-state index in [2.05, 4.69) is 30.0 Å². The number of nitrogens with zero attached hydrogens (tertiary/aromatic N) is 6. The maximum atomic E-state index is 12.0. The largest absolute Gasteiger partial charge is 0.502 e. The minimum atomic E-state index is -0.0192. The van der Waals surface area contributed by atoms with E-state index in [1.54, 1.807) is 37.4 Å². The fourth-order valence-electron chi connectivity index (χ4n) is 6.53. The van der Waals surface area contributed by atoms with Crippen molar-refractivity contribution in [1.82, 2.24) is 20.3 Å². The lowest BCUT2D eigenvalue weighted by Gasteiger charge is -2.11. The topological polar surface area (TPSA) is 131 Å². The molecule has 12 heteroatoms. The summed E-state index contributed by atoms with van der Waals surface area (Å²) in [6, 6.07) is 22.0. The molecule has 0 radical (unpaired) electrons. The van der Waals surface area contributed by atoms with Gasteiger partial charge in [0.2, 0.25) is 23.0 Å². The highest BCUT2D eigenvalue weighted by Crippen LogP contribution is 2.38. The third-order valence-corrected chi connectivity index (χ3v) is 8.94. The van der Waals surface area contributed by atoms with Crippen LogP contribution >= 0.6 is 0 Å². The number of benzene rings is 4. The van der Waals surface area contributed by atoms with Crippen LogP contribution in [0.5, 0.6) is 11.5 Å². The Labute approximate surface area is 325 Å². The van der Waals surface area contributed by atoms with Crippen molar-refractivity contribution in [2.75, 3.05) is 7.11 Å². The Morgan fingerprint density at radius 3 is 1.68 bits per heavy atom. The first kappa shape index (κ1) is 38.7. The Bertz CT molecular complexity index is 2530. The van der Waals surface area contributed by atoms with E-state index in [4.69, 9.17) is 36.4 Å². The van der Waals surface area contributed by atoms with Gasteiger partial charge < -0.3 is 23.3 Å². The zero-order valence-electron chi connectivity index (χ0n) is 30.9. The second-order valence-corrected chi connectivity index (χ2v) is 13.3. The maximum absolute atomic E-state index is 12.0. The molecule has 2 heterocycles. The number of carbonyl (C=O) groups excluding carboxylic acids is 1. The Kier molecular flexibility index (Phi) is 11.4. The molecule has 4 aromatic carbocycles. The molecule has 282 valence electrons. The number of ether oxygens (including phenoxy) is 3. The van der Waals surface area contributed by atoms with Crippen LogP contribution in [-0.2, 0) is 17.6 Å². The smallest absolute Gasteiger partial charge is 0.256 e. The lowest BCUT2D eigenvalue weighted by atomic mass is 10.0. The van der Waals surface area contributed by atoms with Crippen LogP contribution in [0, 0.1) is 13.1 Å². The number of rotatable bonds is 9. The molecule has 0 aliphatic heterocycles. The standard InChI is InChI=1S/C22H19N3O3.C21H17N3O3.CH4/c1-13(2)27-20-10-8-14(12-18(20)23-3)22-24-21(25-28-22)17-7-5-6-16-15(17)9-11-19(16)26-4;1-12(2)26-19-10-7-13(11-17(19)22-3)21-23-20(24-27-21)16-6-4-5-15-14(16)8-9-18(15)25;/h5-8,10-13H,9H2,1-2,4H3;4-7,10-12H,8-9H2,1-2H3;1H4. The van der Waals surface area contributed by atoms with Gasteiger partial charge in [0.05, 0.1) is 32.5 Å². The van der Waals surface area contributed by atoms with Gasteiger partial charge in [-0.1, -0.05) is 54.1 Å². The molecule has 2 aliphatic carbocycles. The van der Waals surface area contributed by atoms with Gasteiger partial charge in [-0.05, 0) is 94.1 Å². The van der Waals surface area contributed by atoms with Crippen molar-refractivity contribution in [2.24, 2.45) is 0 Å². The highest BCUT2D eigenvalue weighted by molar-refractivity contribution is 6.02. The van der Waals surface area contributed by atoms with Crippen LogP contribution in [0.4, 0.5) is 11.4 Å². The normalized spacial score (nSPS) is 12.4. The molecule has 6 aromatic rings. The lowest BCUT2D eigenvalue weighted by Crippen LogP contribution is -2.05. The molecule has 0 fully saturated rings. The Hall–Kier alpha value is -7.05. The van der Waals surface area contributed by atoms with Crippen LogP contribution < -0.4 is 9.47 Å². The van der Waals surface area contributed by atoms with E-state index in [-0.39, 0.29) is 25.4 Å². The minimum Gasteiger partial charge on any atom is -0.502 e. The van der Waals surface area contributed by atoms with E-state index >= 15 is 0 Å². The molecule has 0 amide bonds. The third kappa shape index (κ3) is 7.77. The van der Waals surface area contributed by atoms with E-state index < -0.39 is 0 Å². The quantitative estimate of drug-likeness (QED) is 0.132. The lowest BCUT2D eigenvalue weighted by molar-refractivity contribution is 0.0994. The van der Waals surface area contributed by atoms with Crippen molar-refractivity contribution in [2.45, 2.75) is 66.6 Å². The molecule has 12 nitrogen and oxygen atoms in total. The van der Waals surface area contributed by atoms with Gasteiger partial charge in [-0.15, -0.1) is 0 Å². The molecule has 0 saturated heterocycles. The monoisotopic (exact) mass is 748 g/mol. The van der Waals surface area contributed by atoms with Crippen LogP contribution in [0.2, 0.25) is 0 Å². The number of aromatic nitrogens is 4. The van der Waals surface area contributed by atoms with Gasteiger partial charge in [-0.2, -0.15) is 9.97 Å². The molecular weight excluding hydrogens is 709 g/mol. The van der Waals surface area contributed by atoms with Gasteiger partial charge >= 0.3 is 0 Å². The van der Waals surface area contributed by atoms with E-state index in [0.29, 0.717) is 70.3 Å². The fraction of sp³-hybridized carbons (Fsp3) is 0.250. The van der Waals surface area contributed by atoms with Crippen LogP contribution in [0.3, 0.4) is 0 Å². The molecule has 0 atom stereocenters. The van der Waals surface area contributed by atoms with Crippen LogP contribution in [-0.4, -0.2) is 45.4 Å². The minimum absolute atomic E-state index is 0. The van der Waals surface area contributed by atoms with Crippen LogP contribution in [0.15, 0.2) is 87.9 Å². The summed E-state index contributed by atoms with van der Waals surface area (Å²) >= 11 is 0. The van der Waals surface area contributed by atoms with Gasteiger partial charge in [0.25, 0.3) is 11.8 Å². The van der Waals surface area contributed by atoms with Crippen molar-refractivity contribution in [1.29, 1.82) is 0 Å². The summed E-state index contributed by atoms with van der Waals surface area (Å²) in [5.41, 5.74) is 7.77. The molecule has 8 rings (SSSR count). The fourth-order valence-corrected chi connectivity index (χ4v) is 6.53. The number of fused-ring (bicyclic) bond motifs is 2. The van der Waals surface area contributed by atoms with Gasteiger partial charge in [0.1, 0.15) is 17.3 Å². The molecule has 56 heavy (non-hydrogen) atoms. The van der Waals surface area contributed by atoms with Gasteiger partial charge in [-0.3, -0.25) is 4.79 Å².